The maximum Gasteiger partial charge on any atom is 0.471 e. The normalized spacial score (nSPS) is 11.8. The molecule has 2 heterocycles. The van der Waals surface area contributed by atoms with Gasteiger partial charge >= 0.3 is 12.1 Å². The largest absolute Gasteiger partial charge is 0.471 e. The van der Waals surface area contributed by atoms with Gasteiger partial charge in [0.15, 0.2) is 0 Å². The van der Waals surface area contributed by atoms with Crippen molar-refractivity contribution in [3.63, 3.8) is 0 Å². The molecule has 0 saturated carbocycles. The summed E-state index contributed by atoms with van der Waals surface area (Å²) in [6.07, 6.45) is -3.68. The van der Waals surface area contributed by atoms with Crippen LogP contribution in [0.15, 0.2) is 16.7 Å². The van der Waals surface area contributed by atoms with Gasteiger partial charge in [-0.3, -0.25) is 0 Å². The molecule has 0 aliphatic heterocycles. The van der Waals surface area contributed by atoms with Crippen molar-refractivity contribution in [1.29, 1.82) is 0 Å². The van der Waals surface area contributed by atoms with Gasteiger partial charge < -0.3 is 9.32 Å². The summed E-state index contributed by atoms with van der Waals surface area (Å²) in [4.78, 5) is 15.5. The number of Topliss-reactive ketones (excluding diaryl/α,β-unsaturated/α-hetero) is 1. The van der Waals surface area contributed by atoms with Crippen LogP contribution < -0.4 is 0 Å². The van der Waals surface area contributed by atoms with Gasteiger partial charge in [0.2, 0.25) is 5.82 Å². The van der Waals surface area contributed by atoms with E-state index < -0.39 is 12.1 Å². The van der Waals surface area contributed by atoms with Crippen LogP contribution in [0.5, 0.6) is 0 Å². The molecule has 0 bridgehead atoms. The number of ketones is 1. The molecular formula is C11H9F3N2O2S. The Morgan fingerprint density at radius 2 is 2.16 bits per heavy atom. The summed E-state index contributed by atoms with van der Waals surface area (Å²) in [5, 5.41) is 3.30. The fraction of sp³-hybridized carbons (Fsp3) is 0.364. The first kappa shape index (κ1) is 13.7. The van der Waals surface area contributed by atoms with E-state index in [1.54, 1.807) is 12.1 Å². The predicted molar refractivity (Wildman–Crippen MR) is 61.6 cm³/mol. The number of thiophene rings is 1. The molecule has 0 atom stereocenters. The third kappa shape index (κ3) is 3.40. The SMILES string of the molecule is CC(=O)CCc1ccc(-c2noc(C(F)(F)F)n2)s1. The number of halogens is 3. The van der Waals surface area contributed by atoms with Crippen LogP contribution in [0.3, 0.4) is 0 Å². The van der Waals surface area contributed by atoms with E-state index in [0.717, 1.165) is 4.88 Å². The lowest BCUT2D eigenvalue weighted by Crippen LogP contribution is -2.04. The standard InChI is InChI=1S/C11H9F3N2O2S/c1-6(17)2-3-7-4-5-8(19-7)9-15-10(18-16-9)11(12,13)14/h4-5H,2-3H2,1H3. The van der Waals surface area contributed by atoms with Gasteiger partial charge in [0, 0.05) is 11.3 Å². The van der Waals surface area contributed by atoms with Crippen LogP contribution >= 0.6 is 11.3 Å². The quantitative estimate of drug-likeness (QED) is 0.866. The first-order valence-corrected chi connectivity index (χ1v) is 6.17. The third-order valence-electron chi connectivity index (χ3n) is 2.27. The summed E-state index contributed by atoms with van der Waals surface area (Å²) in [5.41, 5.74) is 0. The number of rotatable bonds is 4. The van der Waals surface area contributed by atoms with E-state index in [4.69, 9.17) is 0 Å². The van der Waals surface area contributed by atoms with Crippen LogP contribution in [-0.4, -0.2) is 15.9 Å². The maximum absolute atomic E-state index is 12.3. The van der Waals surface area contributed by atoms with Crippen LogP contribution in [-0.2, 0) is 17.4 Å². The molecule has 0 aliphatic carbocycles. The molecule has 4 nitrogen and oxygen atoms in total. The molecule has 2 aromatic rings. The molecule has 0 N–H and O–H groups in total. The molecular weight excluding hydrogens is 281 g/mol. The van der Waals surface area contributed by atoms with E-state index in [9.17, 15) is 18.0 Å². The minimum atomic E-state index is -4.64. The summed E-state index contributed by atoms with van der Waals surface area (Å²) in [5.74, 6) is -1.39. The molecule has 2 rings (SSSR count). The zero-order chi connectivity index (χ0) is 14.0. The zero-order valence-corrected chi connectivity index (χ0v) is 10.6. The van der Waals surface area contributed by atoms with E-state index in [-0.39, 0.29) is 11.6 Å². The fourth-order valence-corrected chi connectivity index (χ4v) is 2.30. The molecule has 2 aromatic heterocycles. The fourth-order valence-electron chi connectivity index (χ4n) is 1.37. The lowest BCUT2D eigenvalue weighted by molar-refractivity contribution is -0.159. The number of aromatic nitrogens is 2. The monoisotopic (exact) mass is 290 g/mol. The van der Waals surface area contributed by atoms with Gasteiger partial charge in [-0.25, -0.2) is 0 Å². The highest BCUT2D eigenvalue weighted by Crippen LogP contribution is 2.31. The topological polar surface area (TPSA) is 56.0 Å². The molecule has 0 unspecified atom stereocenters. The lowest BCUT2D eigenvalue weighted by Gasteiger charge is -1.95. The average Bonchev–Trinajstić information content (AvgIpc) is 2.94. The van der Waals surface area contributed by atoms with Crippen LogP contribution in [0.4, 0.5) is 13.2 Å². The predicted octanol–water partition coefficient (Wildman–Crippen LogP) is 3.34. The van der Waals surface area contributed by atoms with Crippen LogP contribution in [0.1, 0.15) is 24.1 Å². The Hall–Kier alpha value is -1.70. The summed E-state index contributed by atoms with van der Waals surface area (Å²) >= 11 is 1.25. The first-order valence-electron chi connectivity index (χ1n) is 5.35. The Labute approximate surface area is 110 Å². The Kier molecular flexibility index (Phi) is 3.70. The second kappa shape index (κ2) is 5.12. The van der Waals surface area contributed by atoms with E-state index >= 15 is 0 Å². The Morgan fingerprint density at radius 3 is 2.74 bits per heavy atom. The van der Waals surface area contributed by atoms with Gasteiger partial charge in [0.1, 0.15) is 5.78 Å². The molecule has 0 fully saturated rings. The Morgan fingerprint density at radius 1 is 1.42 bits per heavy atom. The first-order chi connectivity index (χ1) is 8.86. The average molecular weight is 290 g/mol. The number of hydrogen-bond donors (Lipinski definition) is 0. The molecule has 19 heavy (non-hydrogen) atoms. The summed E-state index contributed by atoms with van der Waals surface area (Å²) in [6, 6.07) is 3.36. The highest BCUT2D eigenvalue weighted by atomic mass is 32.1. The van der Waals surface area contributed by atoms with Crippen molar-refractivity contribution in [2.75, 3.05) is 0 Å². The second-order valence-corrected chi connectivity index (χ2v) is 5.06. The van der Waals surface area contributed by atoms with Gasteiger partial charge in [0.05, 0.1) is 4.88 Å². The van der Waals surface area contributed by atoms with Crippen LogP contribution in [0.25, 0.3) is 10.7 Å². The van der Waals surface area contributed by atoms with Crippen molar-refractivity contribution in [3.8, 4) is 10.7 Å². The summed E-state index contributed by atoms with van der Waals surface area (Å²) in [7, 11) is 0. The van der Waals surface area contributed by atoms with Gasteiger partial charge in [-0.2, -0.15) is 18.2 Å². The minimum absolute atomic E-state index is 0.0638. The molecule has 0 amide bonds. The number of nitrogens with zero attached hydrogens (tertiary/aromatic N) is 2. The van der Waals surface area contributed by atoms with E-state index in [0.29, 0.717) is 17.7 Å². The van der Waals surface area contributed by atoms with Crippen molar-refractivity contribution in [1.82, 2.24) is 10.1 Å². The van der Waals surface area contributed by atoms with Gasteiger partial charge in [-0.15, -0.1) is 11.3 Å². The number of carbonyl (C=O) groups excluding carboxylic acids is 1. The van der Waals surface area contributed by atoms with E-state index in [1.165, 1.54) is 18.3 Å². The summed E-state index contributed by atoms with van der Waals surface area (Å²) in [6.45, 7) is 1.49. The van der Waals surface area contributed by atoms with Crippen LogP contribution in [0.2, 0.25) is 0 Å². The molecule has 0 spiro atoms. The number of hydrogen-bond acceptors (Lipinski definition) is 5. The highest BCUT2D eigenvalue weighted by Gasteiger charge is 2.38. The molecule has 102 valence electrons. The Bertz CT molecular complexity index is 589. The molecule has 0 saturated heterocycles. The highest BCUT2D eigenvalue weighted by molar-refractivity contribution is 7.15. The third-order valence-corrected chi connectivity index (χ3v) is 3.41. The summed E-state index contributed by atoms with van der Waals surface area (Å²) < 4.78 is 41.1. The minimum Gasteiger partial charge on any atom is -0.329 e. The van der Waals surface area contributed by atoms with Crippen molar-refractivity contribution in [3.05, 3.63) is 22.9 Å². The van der Waals surface area contributed by atoms with Crippen molar-refractivity contribution in [2.24, 2.45) is 0 Å². The molecule has 0 aromatic carbocycles. The lowest BCUT2D eigenvalue weighted by atomic mass is 10.2. The smallest absolute Gasteiger partial charge is 0.329 e. The van der Waals surface area contributed by atoms with Crippen molar-refractivity contribution < 1.29 is 22.5 Å². The van der Waals surface area contributed by atoms with Gasteiger partial charge in [0.25, 0.3) is 0 Å². The molecule has 8 heteroatoms. The molecule has 0 radical (unpaired) electrons. The van der Waals surface area contributed by atoms with Crippen LogP contribution in [0, 0.1) is 0 Å². The Balaban J connectivity index is 2.14. The van der Waals surface area contributed by atoms with E-state index in [2.05, 4.69) is 14.7 Å². The zero-order valence-electron chi connectivity index (χ0n) is 9.82. The van der Waals surface area contributed by atoms with Gasteiger partial charge in [-0.05, 0) is 25.5 Å². The second-order valence-electron chi connectivity index (χ2n) is 3.89. The number of carbonyl (C=O) groups is 1. The van der Waals surface area contributed by atoms with E-state index in [1.807, 2.05) is 0 Å². The van der Waals surface area contributed by atoms with Crippen molar-refractivity contribution in [2.45, 2.75) is 25.9 Å². The number of alkyl halides is 3. The van der Waals surface area contributed by atoms with Gasteiger partial charge in [-0.1, -0.05) is 5.16 Å². The molecule has 0 aliphatic rings. The maximum atomic E-state index is 12.3. The number of aryl methyl sites for hydroxylation is 1. The van der Waals surface area contributed by atoms with Crippen molar-refractivity contribution >= 4 is 17.1 Å².